The summed E-state index contributed by atoms with van der Waals surface area (Å²) in [5.74, 6) is 0.0664. The third-order valence-electron chi connectivity index (χ3n) is 4.11. The summed E-state index contributed by atoms with van der Waals surface area (Å²) in [5.41, 5.74) is 1.90. The van der Waals surface area contributed by atoms with E-state index in [9.17, 15) is 15.2 Å². The second-order valence-corrected chi connectivity index (χ2v) is 5.51. The van der Waals surface area contributed by atoms with Crippen LogP contribution in [0.5, 0.6) is 0 Å². The Bertz CT molecular complexity index is 481. The largest absolute Gasteiger partial charge is 0.388 e. The number of nitro benzene ring substituents is 1. The van der Waals surface area contributed by atoms with Gasteiger partial charge >= 0.3 is 0 Å². The summed E-state index contributed by atoms with van der Waals surface area (Å²) in [6, 6.07) is 6.19. The number of nitrogens with zero attached hydrogens (tertiary/aromatic N) is 1. The maximum atomic E-state index is 10.6. The smallest absolute Gasteiger partial charge is 0.269 e. The lowest BCUT2D eigenvalue weighted by Gasteiger charge is -2.27. The molecule has 1 aromatic rings. The molecule has 4 heteroatoms. The first-order chi connectivity index (χ1) is 9.59. The fraction of sp³-hybridized carbons (Fsp3) is 0.500. The molecule has 2 atom stereocenters. The minimum Gasteiger partial charge on any atom is -0.388 e. The topological polar surface area (TPSA) is 63.4 Å². The average Bonchev–Trinajstić information content (AvgIpc) is 2.43. The number of rotatable bonds is 3. The van der Waals surface area contributed by atoms with Crippen LogP contribution in [0.3, 0.4) is 0 Å². The summed E-state index contributed by atoms with van der Waals surface area (Å²) in [7, 11) is 0. The number of hydrogen-bond donors (Lipinski definition) is 1. The maximum Gasteiger partial charge on any atom is 0.269 e. The zero-order valence-electron chi connectivity index (χ0n) is 11.6. The summed E-state index contributed by atoms with van der Waals surface area (Å²) in [6.45, 7) is 4.12. The molecule has 0 radical (unpaired) electrons. The Kier molecular flexibility index (Phi) is 4.90. The predicted molar refractivity (Wildman–Crippen MR) is 78.4 cm³/mol. The molecule has 20 heavy (non-hydrogen) atoms. The van der Waals surface area contributed by atoms with Crippen LogP contribution in [0.1, 0.15) is 50.2 Å². The first kappa shape index (κ1) is 14.7. The SMILES string of the molecule is C=C1CCCCCC[C@@H]1[C@H](O)c1ccc([N+](=O)[O-])cc1. The van der Waals surface area contributed by atoms with Crippen molar-refractivity contribution in [3.63, 3.8) is 0 Å². The summed E-state index contributed by atoms with van der Waals surface area (Å²) >= 11 is 0. The highest BCUT2D eigenvalue weighted by Gasteiger charge is 2.24. The van der Waals surface area contributed by atoms with Crippen molar-refractivity contribution in [2.75, 3.05) is 0 Å². The molecular weight excluding hydrogens is 254 g/mol. The highest BCUT2D eigenvalue weighted by Crippen LogP contribution is 2.36. The Morgan fingerprint density at radius 1 is 1.20 bits per heavy atom. The summed E-state index contributed by atoms with van der Waals surface area (Å²) in [4.78, 5) is 10.2. The van der Waals surface area contributed by atoms with Gasteiger partial charge in [0.15, 0.2) is 0 Å². The van der Waals surface area contributed by atoms with Crippen LogP contribution in [0.25, 0.3) is 0 Å². The lowest BCUT2D eigenvalue weighted by atomic mass is 9.81. The first-order valence-corrected chi connectivity index (χ1v) is 7.19. The van der Waals surface area contributed by atoms with Gasteiger partial charge in [-0.25, -0.2) is 0 Å². The van der Waals surface area contributed by atoms with E-state index >= 15 is 0 Å². The van der Waals surface area contributed by atoms with Gasteiger partial charge in [0.25, 0.3) is 5.69 Å². The molecule has 0 amide bonds. The number of aliphatic hydroxyl groups excluding tert-OH is 1. The molecule has 0 heterocycles. The zero-order chi connectivity index (χ0) is 14.5. The molecule has 1 fully saturated rings. The monoisotopic (exact) mass is 275 g/mol. The van der Waals surface area contributed by atoms with Crippen LogP contribution in [0, 0.1) is 16.0 Å². The maximum absolute atomic E-state index is 10.6. The van der Waals surface area contributed by atoms with E-state index in [2.05, 4.69) is 6.58 Å². The highest BCUT2D eigenvalue weighted by molar-refractivity contribution is 5.34. The molecular formula is C16H21NO3. The van der Waals surface area contributed by atoms with Gasteiger partial charge in [-0.3, -0.25) is 10.1 Å². The number of hydrogen-bond acceptors (Lipinski definition) is 3. The van der Waals surface area contributed by atoms with Crippen LogP contribution in [0.4, 0.5) is 5.69 Å². The van der Waals surface area contributed by atoms with Crippen molar-refractivity contribution in [1.29, 1.82) is 0 Å². The van der Waals surface area contributed by atoms with Crippen molar-refractivity contribution < 1.29 is 10.0 Å². The van der Waals surface area contributed by atoms with Gasteiger partial charge in [0.2, 0.25) is 0 Å². The Hall–Kier alpha value is -1.68. The molecule has 4 nitrogen and oxygen atoms in total. The van der Waals surface area contributed by atoms with Crippen LogP contribution >= 0.6 is 0 Å². The second-order valence-electron chi connectivity index (χ2n) is 5.51. The standard InChI is InChI=1S/C16H21NO3/c1-12-6-4-2-3-5-7-15(12)16(18)13-8-10-14(11-9-13)17(19)20/h8-11,15-16,18H,1-7H2/t15-,16+/m0/s1. The molecule has 0 bridgehead atoms. The molecule has 1 saturated carbocycles. The van der Waals surface area contributed by atoms with Gasteiger partial charge in [0.1, 0.15) is 0 Å². The van der Waals surface area contributed by atoms with Crippen molar-refractivity contribution in [3.05, 3.63) is 52.1 Å². The fourth-order valence-corrected chi connectivity index (χ4v) is 2.87. The summed E-state index contributed by atoms with van der Waals surface area (Å²) in [5, 5.41) is 21.2. The fourth-order valence-electron chi connectivity index (χ4n) is 2.87. The van der Waals surface area contributed by atoms with E-state index < -0.39 is 11.0 Å². The Morgan fingerprint density at radius 2 is 1.85 bits per heavy atom. The minimum absolute atomic E-state index is 0.0532. The van der Waals surface area contributed by atoms with E-state index in [-0.39, 0.29) is 11.6 Å². The zero-order valence-corrected chi connectivity index (χ0v) is 11.6. The number of aliphatic hydroxyl groups is 1. The van der Waals surface area contributed by atoms with Crippen LogP contribution < -0.4 is 0 Å². The molecule has 0 aliphatic heterocycles. The molecule has 0 saturated heterocycles. The molecule has 1 aliphatic rings. The van der Waals surface area contributed by atoms with Gasteiger partial charge < -0.3 is 5.11 Å². The van der Waals surface area contributed by atoms with Crippen molar-refractivity contribution >= 4 is 5.69 Å². The average molecular weight is 275 g/mol. The first-order valence-electron chi connectivity index (χ1n) is 7.19. The Labute approximate surface area is 119 Å². The Morgan fingerprint density at radius 3 is 2.50 bits per heavy atom. The van der Waals surface area contributed by atoms with E-state index in [1.54, 1.807) is 12.1 Å². The number of benzene rings is 1. The van der Waals surface area contributed by atoms with Crippen LogP contribution in [-0.4, -0.2) is 10.0 Å². The third-order valence-corrected chi connectivity index (χ3v) is 4.11. The summed E-state index contributed by atoms with van der Waals surface area (Å²) < 4.78 is 0. The molecule has 108 valence electrons. The molecule has 1 aliphatic carbocycles. The van der Waals surface area contributed by atoms with Gasteiger partial charge in [-0.1, -0.05) is 31.4 Å². The van der Waals surface area contributed by atoms with Gasteiger partial charge in [0, 0.05) is 18.1 Å². The normalized spacial score (nSPS) is 21.9. The highest BCUT2D eigenvalue weighted by atomic mass is 16.6. The number of non-ortho nitro benzene ring substituents is 1. The molecule has 1 N–H and O–H groups in total. The molecule has 0 aromatic heterocycles. The Balaban J connectivity index is 2.13. The van der Waals surface area contributed by atoms with Crippen molar-refractivity contribution in [2.24, 2.45) is 5.92 Å². The lowest BCUT2D eigenvalue weighted by Crippen LogP contribution is -2.16. The van der Waals surface area contributed by atoms with Crippen molar-refractivity contribution in [2.45, 2.75) is 44.6 Å². The third kappa shape index (κ3) is 3.45. The molecule has 0 spiro atoms. The van der Waals surface area contributed by atoms with E-state index in [0.29, 0.717) is 0 Å². The second kappa shape index (κ2) is 6.66. The van der Waals surface area contributed by atoms with Crippen molar-refractivity contribution in [3.8, 4) is 0 Å². The predicted octanol–water partition coefficient (Wildman–Crippen LogP) is 4.15. The molecule has 1 aromatic carbocycles. The van der Waals surface area contributed by atoms with Crippen LogP contribution in [0.2, 0.25) is 0 Å². The van der Waals surface area contributed by atoms with E-state index in [1.807, 2.05) is 0 Å². The number of nitro groups is 1. The quantitative estimate of drug-likeness (QED) is 0.512. The van der Waals surface area contributed by atoms with Gasteiger partial charge in [-0.15, -0.1) is 0 Å². The molecule has 2 rings (SSSR count). The van der Waals surface area contributed by atoms with E-state index in [1.165, 1.54) is 25.0 Å². The van der Waals surface area contributed by atoms with Gasteiger partial charge in [-0.05, 0) is 37.0 Å². The lowest BCUT2D eigenvalue weighted by molar-refractivity contribution is -0.384. The summed E-state index contributed by atoms with van der Waals surface area (Å²) in [6.07, 6.45) is 5.99. The minimum atomic E-state index is -0.610. The molecule has 0 unspecified atom stereocenters. The van der Waals surface area contributed by atoms with E-state index in [0.717, 1.165) is 36.8 Å². The van der Waals surface area contributed by atoms with Gasteiger partial charge in [0.05, 0.1) is 11.0 Å². The van der Waals surface area contributed by atoms with E-state index in [4.69, 9.17) is 0 Å². The van der Waals surface area contributed by atoms with Crippen LogP contribution in [-0.2, 0) is 0 Å². The van der Waals surface area contributed by atoms with Crippen LogP contribution in [0.15, 0.2) is 36.4 Å². The van der Waals surface area contributed by atoms with Crippen molar-refractivity contribution in [1.82, 2.24) is 0 Å². The van der Waals surface area contributed by atoms with Gasteiger partial charge in [-0.2, -0.15) is 0 Å².